The topological polar surface area (TPSA) is 64.3 Å². The predicted octanol–water partition coefficient (Wildman–Crippen LogP) is 1.69. The number of anilines is 2. The third-order valence-corrected chi connectivity index (χ3v) is 3.42. The minimum Gasteiger partial charge on any atom is -0.479 e. The first-order valence-corrected chi connectivity index (χ1v) is 6.15. The molecule has 1 aromatic heterocycles. The number of ether oxygens (including phenoxy) is 1. The number of hydrogen-bond donors (Lipinski definition) is 1. The van der Waals surface area contributed by atoms with Gasteiger partial charge >= 0.3 is 0 Å². The molecule has 2 N–H and O–H groups in total. The molecule has 0 spiro atoms. The fourth-order valence-corrected chi connectivity index (χ4v) is 2.38. The van der Waals surface area contributed by atoms with Crippen molar-refractivity contribution < 1.29 is 4.74 Å². The van der Waals surface area contributed by atoms with Crippen LogP contribution >= 0.6 is 0 Å². The van der Waals surface area contributed by atoms with Crippen LogP contribution in [0.1, 0.15) is 26.2 Å². The van der Waals surface area contributed by atoms with Crippen molar-refractivity contribution in [1.82, 2.24) is 9.97 Å². The standard InChI is InChI=1S/C12H20N4O/c1-3-9-5-4-6-16(7-9)11-10(13)12(17-2)15-8-14-11/h8-9H,3-7,13H2,1-2H3. The summed E-state index contributed by atoms with van der Waals surface area (Å²) in [6, 6.07) is 0. The number of piperidine rings is 1. The lowest BCUT2D eigenvalue weighted by Gasteiger charge is -2.33. The maximum Gasteiger partial charge on any atom is 0.242 e. The van der Waals surface area contributed by atoms with Crippen LogP contribution in [0.4, 0.5) is 11.5 Å². The van der Waals surface area contributed by atoms with Gasteiger partial charge in [0, 0.05) is 13.1 Å². The summed E-state index contributed by atoms with van der Waals surface area (Å²) in [4.78, 5) is 10.5. The molecule has 5 heteroatoms. The molecule has 0 aromatic carbocycles. The van der Waals surface area contributed by atoms with Crippen LogP contribution in [-0.4, -0.2) is 30.2 Å². The second-order valence-electron chi connectivity index (χ2n) is 4.48. The van der Waals surface area contributed by atoms with Crippen molar-refractivity contribution in [2.24, 2.45) is 5.92 Å². The molecule has 0 amide bonds. The summed E-state index contributed by atoms with van der Waals surface area (Å²) in [5, 5.41) is 0. The van der Waals surface area contributed by atoms with E-state index in [9.17, 15) is 0 Å². The number of nitrogens with zero attached hydrogens (tertiary/aromatic N) is 3. The number of rotatable bonds is 3. The first-order chi connectivity index (χ1) is 8.26. The SMILES string of the molecule is CCC1CCCN(c2ncnc(OC)c2N)C1. The lowest BCUT2D eigenvalue weighted by atomic mass is 9.96. The second kappa shape index (κ2) is 5.21. The highest BCUT2D eigenvalue weighted by atomic mass is 16.5. The Bertz CT molecular complexity index is 383. The lowest BCUT2D eigenvalue weighted by molar-refractivity contribution is 0.393. The van der Waals surface area contributed by atoms with Crippen molar-refractivity contribution in [2.75, 3.05) is 30.8 Å². The zero-order chi connectivity index (χ0) is 12.3. The fourth-order valence-electron chi connectivity index (χ4n) is 2.38. The number of methoxy groups -OCH3 is 1. The molecule has 17 heavy (non-hydrogen) atoms. The molecule has 1 unspecified atom stereocenters. The summed E-state index contributed by atoms with van der Waals surface area (Å²) in [5.41, 5.74) is 6.57. The number of nitrogen functional groups attached to an aromatic ring is 1. The van der Waals surface area contributed by atoms with E-state index in [1.165, 1.54) is 25.6 Å². The average Bonchev–Trinajstić information content (AvgIpc) is 2.39. The van der Waals surface area contributed by atoms with Crippen LogP contribution in [0.25, 0.3) is 0 Å². The molecule has 5 nitrogen and oxygen atoms in total. The van der Waals surface area contributed by atoms with Gasteiger partial charge in [-0.2, -0.15) is 4.98 Å². The third kappa shape index (κ3) is 2.43. The third-order valence-electron chi connectivity index (χ3n) is 3.42. The van der Waals surface area contributed by atoms with Crippen LogP contribution in [-0.2, 0) is 0 Å². The molecule has 1 aliphatic heterocycles. The normalized spacial score (nSPS) is 20.4. The molecule has 1 saturated heterocycles. The number of aromatic nitrogens is 2. The van der Waals surface area contributed by atoms with E-state index in [1.54, 1.807) is 7.11 Å². The first kappa shape index (κ1) is 12.0. The molecular formula is C12H20N4O. The minimum atomic E-state index is 0.466. The van der Waals surface area contributed by atoms with Crippen LogP contribution in [0, 0.1) is 5.92 Å². The maximum absolute atomic E-state index is 6.02. The maximum atomic E-state index is 6.02. The Morgan fingerprint density at radius 2 is 2.35 bits per heavy atom. The minimum absolute atomic E-state index is 0.466. The van der Waals surface area contributed by atoms with Crippen molar-refractivity contribution in [2.45, 2.75) is 26.2 Å². The predicted molar refractivity (Wildman–Crippen MR) is 68.2 cm³/mol. The van der Waals surface area contributed by atoms with Crippen LogP contribution in [0.5, 0.6) is 5.88 Å². The van der Waals surface area contributed by atoms with Gasteiger partial charge in [-0.25, -0.2) is 4.98 Å². The molecule has 0 aliphatic carbocycles. The van der Waals surface area contributed by atoms with Crippen LogP contribution in [0.3, 0.4) is 0 Å². The van der Waals surface area contributed by atoms with E-state index in [-0.39, 0.29) is 0 Å². The van der Waals surface area contributed by atoms with E-state index >= 15 is 0 Å². The van der Waals surface area contributed by atoms with Gasteiger partial charge < -0.3 is 15.4 Å². The first-order valence-electron chi connectivity index (χ1n) is 6.15. The van der Waals surface area contributed by atoms with Crippen molar-refractivity contribution in [3.8, 4) is 5.88 Å². The Morgan fingerprint density at radius 3 is 3.06 bits per heavy atom. The zero-order valence-corrected chi connectivity index (χ0v) is 10.5. The molecular weight excluding hydrogens is 216 g/mol. The second-order valence-corrected chi connectivity index (χ2v) is 4.48. The summed E-state index contributed by atoms with van der Waals surface area (Å²) in [6.45, 7) is 4.28. The smallest absolute Gasteiger partial charge is 0.242 e. The molecule has 2 heterocycles. The van der Waals surface area contributed by atoms with E-state index < -0.39 is 0 Å². The monoisotopic (exact) mass is 236 g/mol. The lowest BCUT2D eigenvalue weighted by Crippen LogP contribution is -2.36. The quantitative estimate of drug-likeness (QED) is 0.865. The van der Waals surface area contributed by atoms with Gasteiger partial charge in [-0.05, 0) is 18.8 Å². The Balaban J connectivity index is 2.21. The summed E-state index contributed by atoms with van der Waals surface area (Å²) in [5.74, 6) is 2.02. The summed E-state index contributed by atoms with van der Waals surface area (Å²) in [6.07, 6.45) is 5.22. The van der Waals surface area contributed by atoms with Gasteiger partial charge in [0.1, 0.15) is 12.0 Å². The van der Waals surface area contributed by atoms with Gasteiger partial charge in [-0.15, -0.1) is 0 Å². The van der Waals surface area contributed by atoms with Crippen LogP contribution in [0.2, 0.25) is 0 Å². The van der Waals surface area contributed by atoms with Crippen molar-refractivity contribution >= 4 is 11.5 Å². The van der Waals surface area contributed by atoms with Gasteiger partial charge in [0.2, 0.25) is 5.88 Å². The summed E-state index contributed by atoms with van der Waals surface area (Å²) in [7, 11) is 1.58. The van der Waals surface area contributed by atoms with E-state index in [2.05, 4.69) is 21.8 Å². The molecule has 0 saturated carbocycles. The fraction of sp³-hybridized carbons (Fsp3) is 0.667. The van der Waals surface area contributed by atoms with Crippen molar-refractivity contribution in [1.29, 1.82) is 0 Å². The van der Waals surface area contributed by atoms with Gasteiger partial charge in [0.25, 0.3) is 0 Å². The average molecular weight is 236 g/mol. The highest BCUT2D eigenvalue weighted by Crippen LogP contribution is 2.31. The summed E-state index contributed by atoms with van der Waals surface area (Å²) >= 11 is 0. The molecule has 2 rings (SSSR count). The highest BCUT2D eigenvalue weighted by molar-refractivity contribution is 5.67. The number of nitrogens with two attached hydrogens (primary N) is 1. The number of hydrogen-bond acceptors (Lipinski definition) is 5. The Kier molecular flexibility index (Phi) is 3.66. The molecule has 94 valence electrons. The Morgan fingerprint density at radius 1 is 1.53 bits per heavy atom. The van der Waals surface area contributed by atoms with Crippen LogP contribution < -0.4 is 15.4 Å². The largest absolute Gasteiger partial charge is 0.479 e. The van der Waals surface area contributed by atoms with Crippen molar-refractivity contribution in [3.05, 3.63) is 6.33 Å². The van der Waals surface area contributed by atoms with Gasteiger partial charge in [0.15, 0.2) is 5.82 Å². The molecule has 1 atom stereocenters. The van der Waals surface area contributed by atoms with E-state index in [1.807, 2.05) is 0 Å². The van der Waals surface area contributed by atoms with Gasteiger partial charge in [-0.1, -0.05) is 13.3 Å². The Labute approximate surface area is 102 Å². The molecule has 1 fully saturated rings. The molecule has 1 aliphatic rings. The van der Waals surface area contributed by atoms with E-state index in [0.29, 0.717) is 11.6 Å². The van der Waals surface area contributed by atoms with Crippen LogP contribution in [0.15, 0.2) is 6.33 Å². The zero-order valence-electron chi connectivity index (χ0n) is 10.5. The summed E-state index contributed by atoms with van der Waals surface area (Å²) < 4.78 is 5.13. The molecule has 0 radical (unpaired) electrons. The van der Waals surface area contributed by atoms with Gasteiger partial charge in [0.05, 0.1) is 7.11 Å². The van der Waals surface area contributed by atoms with E-state index in [0.717, 1.165) is 24.8 Å². The highest BCUT2D eigenvalue weighted by Gasteiger charge is 2.22. The molecule has 1 aromatic rings. The Hall–Kier alpha value is -1.52. The van der Waals surface area contributed by atoms with Crippen molar-refractivity contribution in [3.63, 3.8) is 0 Å². The molecule has 0 bridgehead atoms. The van der Waals surface area contributed by atoms with Gasteiger partial charge in [-0.3, -0.25) is 0 Å². The van der Waals surface area contributed by atoms with E-state index in [4.69, 9.17) is 10.5 Å².